The van der Waals surface area contributed by atoms with Crippen molar-refractivity contribution in [2.75, 3.05) is 6.61 Å². The number of nitrogens with zero attached hydrogens (tertiary/aromatic N) is 3. The van der Waals surface area contributed by atoms with Crippen molar-refractivity contribution in [2.45, 2.75) is 49.0 Å². The third kappa shape index (κ3) is 5.77. The van der Waals surface area contributed by atoms with E-state index in [9.17, 15) is 17.9 Å². The highest BCUT2D eigenvalue weighted by molar-refractivity contribution is 7.89. The number of ether oxygens (including phenoxy) is 1. The Hall–Kier alpha value is -2.37. The van der Waals surface area contributed by atoms with Crippen LogP contribution in [0.15, 0.2) is 59.6 Å². The molecule has 8 nitrogen and oxygen atoms in total. The molecule has 0 saturated carbocycles. The molecule has 0 spiro atoms. The molecule has 1 saturated heterocycles. The second kappa shape index (κ2) is 10.3. The zero-order valence-electron chi connectivity index (χ0n) is 17.6. The van der Waals surface area contributed by atoms with Crippen molar-refractivity contribution >= 4 is 21.6 Å². The molecule has 0 aliphatic carbocycles. The van der Waals surface area contributed by atoms with Gasteiger partial charge in [-0.05, 0) is 55.7 Å². The Morgan fingerprint density at radius 3 is 2.67 bits per heavy atom. The Morgan fingerprint density at radius 2 is 1.94 bits per heavy atom. The number of benzene rings is 2. The zero-order chi connectivity index (χ0) is 23.4. The van der Waals surface area contributed by atoms with E-state index in [1.807, 2.05) is 0 Å². The quantitative estimate of drug-likeness (QED) is 0.498. The van der Waals surface area contributed by atoms with Gasteiger partial charge < -0.3 is 9.84 Å². The molecule has 2 aromatic carbocycles. The first-order valence-corrected chi connectivity index (χ1v) is 12.4. The lowest BCUT2D eigenvalue weighted by Gasteiger charge is -2.36. The lowest BCUT2D eigenvalue weighted by atomic mass is 9.98. The number of aryl methyl sites for hydroxylation is 1. The van der Waals surface area contributed by atoms with Gasteiger partial charge in [0, 0.05) is 17.1 Å². The molecule has 0 bridgehead atoms. The van der Waals surface area contributed by atoms with E-state index in [1.165, 1.54) is 30.3 Å². The van der Waals surface area contributed by atoms with E-state index in [0.717, 1.165) is 0 Å². The maximum Gasteiger partial charge on any atom is 0.240 e. The predicted molar refractivity (Wildman–Crippen MR) is 121 cm³/mol. The molecule has 176 valence electrons. The lowest BCUT2D eigenvalue weighted by molar-refractivity contribution is -0.0891. The minimum Gasteiger partial charge on any atom is -0.394 e. The minimum atomic E-state index is -3.77. The van der Waals surface area contributed by atoms with E-state index in [1.54, 1.807) is 29.1 Å². The summed E-state index contributed by atoms with van der Waals surface area (Å²) >= 11 is 5.83. The summed E-state index contributed by atoms with van der Waals surface area (Å²) in [5, 5.41) is 18.3. The number of aliphatic hydroxyl groups is 1. The fourth-order valence-corrected chi connectivity index (χ4v) is 5.26. The van der Waals surface area contributed by atoms with Gasteiger partial charge in [-0.1, -0.05) is 28.9 Å². The van der Waals surface area contributed by atoms with Crippen LogP contribution >= 0.6 is 11.6 Å². The van der Waals surface area contributed by atoms with Crippen molar-refractivity contribution in [3.05, 3.63) is 65.6 Å². The molecule has 1 aliphatic rings. The largest absolute Gasteiger partial charge is 0.394 e. The van der Waals surface area contributed by atoms with Gasteiger partial charge in [-0.15, -0.1) is 5.10 Å². The lowest BCUT2D eigenvalue weighted by Crippen LogP contribution is -2.50. The molecule has 11 heteroatoms. The first-order valence-electron chi connectivity index (χ1n) is 10.5. The normalized spacial score (nSPS) is 21.2. The van der Waals surface area contributed by atoms with E-state index in [-0.39, 0.29) is 23.4 Å². The second-order valence-corrected chi connectivity index (χ2v) is 10.0. The molecule has 1 aliphatic heterocycles. The first-order chi connectivity index (χ1) is 15.9. The van der Waals surface area contributed by atoms with Gasteiger partial charge in [-0.25, -0.2) is 17.5 Å². The Balaban J connectivity index is 1.34. The molecule has 0 unspecified atom stereocenters. The number of hydrogen-bond acceptors (Lipinski definition) is 6. The van der Waals surface area contributed by atoms with Crippen LogP contribution in [0.2, 0.25) is 5.02 Å². The van der Waals surface area contributed by atoms with Crippen molar-refractivity contribution in [3.63, 3.8) is 0 Å². The molecule has 3 aromatic rings. The third-order valence-corrected chi connectivity index (χ3v) is 7.35. The molecule has 0 radical (unpaired) electrons. The monoisotopic (exact) mass is 494 g/mol. The van der Waals surface area contributed by atoms with Crippen molar-refractivity contribution in [3.8, 4) is 11.3 Å². The van der Waals surface area contributed by atoms with Gasteiger partial charge in [-0.2, -0.15) is 0 Å². The summed E-state index contributed by atoms with van der Waals surface area (Å²) in [7, 11) is -3.77. The molecular formula is C22H24ClFN4O4S. The standard InChI is InChI=1S/C22H24ClFN4O4S/c23-15-5-8-17(9-6-15)33(30,31)26-20-10-7-16(32-22(20)14-29)11-12-28-13-21(25-27-28)18-3-1-2-4-19(18)24/h1-6,8-9,13,16,20,22,26,29H,7,10-12,14H2/t16-,20+,22-/m1/s1. The maximum atomic E-state index is 13.9. The van der Waals surface area contributed by atoms with Crippen LogP contribution in [0.25, 0.3) is 11.3 Å². The van der Waals surface area contributed by atoms with E-state index in [0.29, 0.717) is 42.1 Å². The van der Waals surface area contributed by atoms with Crippen LogP contribution in [0.4, 0.5) is 4.39 Å². The molecule has 1 aromatic heterocycles. The number of halogens is 2. The molecule has 2 heterocycles. The summed E-state index contributed by atoms with van der Waals surface area (Å²) < 4.78 is 49.5. The SMILES string of the molecule is O=S(=O)(N[C@H]1CC[C@H](CCn2cc(-c3ccccc3F)nn2)O[C@@H]1CO)c1ccc(Cl)cc1. The Labute approximate surface area is 196 Å². The van der Waals surface area contributed by atoms with Crippen LogP contribution < -0.4 is 4.72 Å². The number of aromatic nitrogens is 3. The maximum absolute atomic E-state index is 13.9. The van der Waals surface area contributed by atoms with E-state index in [2.05, 4.69) is 15.0 Å². The topological polar surface area (TPSA) is 106 Å². The Bertz CT molecular complexity index is 1190. The van der Waals surface area contributed by atoms with Crippen molar-refractivity contribution in [2.24, 2.45) is 0 Å². The van der Waals surface area contributed by atoms with Crippen LogP contribution in [-0.4, -0.2) is 53.4 Å². The minimum absolute atomic E-state index is 0.0996. The predicted octanol–water partition coefficient (Wildman–Crippen LogP) is 3.01. The Morgan fingerprint density at radius 1 is 1.18 bits per heavy atom. The average molecular weight is 495 g/mol. The highest BCUT2D eigenvalue weighted by Gasteiger charge is 2.34. The molecule has 4 rings (SSSR count). The van der Waals surface area contributed by atoms with Gasteiger partial charge in [0.15, 0.2) is 0 Å². The van der Waals surface area contributed by atoms with Crippen LogP contribution in [0.1, 0.15) is 19.3 Å². The number of hydrogen-bond donors (Lipinski definition) is 2. The van der Waals surface area contributed by atoms with Gasteiger partial charge in [0.25, 0.3) is 0 Å². The fourth-order valence-electron chi connectivity index (χ4n) is 3.84. The highest BCUT2D eigenvalue weighted by atomic mass is 35.5. The van der Waals surface area contributed by atoms with Gasteiger partial charge in [-0.3, -0.25) is 4.68 Å². The smallest absolute Gasteiger partial charge is 0.240 e. The summed E-state index contributed by atoms with van der Waals surface area (Å²) in [6, 6.07) is 11.7. The Kier molecular flexibility index (Phi) is 7.40. The number of nitrogens with one attached hydrogen (secondary N) is 1. The zero-order valence-corrected chi connectivity index (χ0v) is 19.2. The van der Waals surface area contributed by atoms with Gasteiger partial charge in [0.1, 0.15) is 11.5 Å². The van der Waals surface area contributed by atoms with Gasteiger partial charge in [0.2, 0.25) is 10.0 Å². The molecule has 2 N–H and O–H groups in total. The van der Waals surface area contributed by atoms with Crippen molar-refractivity contribution in [1.29, 1.82) is 0 Å². The van der Waals surface area contributed by atoms with Gasteiger partial charge in [0.05, 0.1) is 35.9 Å². The van der Waals surface area contributed by atoms with Crippen LogP contribution in [0.3, 0.4) is 0 Å². The van der Waals surface area contributed by atoms with Crippen LogP contribution in [-0.2, 0) is 21.3 Å². The molecule has 0 amide bonds. The fraction of sp³-hybridized carbons (Fsp3) is 0.364. The first kappa shape index (κ1) is 23.8. The van der Waals surface area contributed by atoms with Crippen molar-refractivity contribution < 1.29 is 22.7 Å². The van der Waals surface area contributed by atoms with E-state index < -0.39 is 22.2 Å². The summed E-state index contributed by atoms with van der Waals surface area (Å²) in [6.45, 7) is 0.177. The summed E-state index contributed by atoms with van der Waals surface area (Å²) in [6.07, 6.45) is 2.54. The molecular weight excluding hydrogens is 471 g/mol. The number of rotatable bonds is 8. The average Bonchev–Trinajstić information content (AvgIpc) is 3.27. The molecule has 1 fully saturated rings. The van der Waals surface area contributed by atoms with E-state index >= 15 is 0 Å². The molecule has 3 atom stereocenters. The van der Waals surface area contributed by atoms with Gasteiger partial charge >= 0.3 is 0 Å². The summed E-state index contributed by atoms with van der Waals surface area (Å²) in [5.41, 5.74) is 0.830. The summed E-state index contributed by atoms with van der Waals surface area (Å²) in [4.78, 5) is 0.0996. The van der Waals surface area contributed by atoms with Crippen LogP contribution in [0, 0.1) is 5.82 Å². The summed E-state index contributed by atoms with van der Waals surface area (Å²) in [5.74, 6) is -0.363. The third-order valence-electron chi connectivity index (χ3n) is 5.59. The number of aliphatic hydroxyl groups excluding tert-OH is 1. The highest BCUT2D eigenvalue weighted by Crippen LogP contribution is 2.25. The number of sulfonamides is 1. The molecule has 33 heavy (non-hydrogen) atoms. The van der Waals surface area contributed by atoms with Crippen LogP contribution in [0.5, 0.6) is 0 Å². The van der Waals surface area contributed by atoms with E-state index in [4.69, 9.17) is 16.3 Å². The second-order valence-electron chi connectivity index (χ2n) is 7.87. The van der Waals surface area contributed by atoms with Crippen molar-refractivity contribution in [1.82, 2.24) is 19.7 Å².